The molecule has 3 N–H and O–H groups in total. The summed E-state index contributed by atoms with van der Waals surface area (Å²) >= 11 is 0. The molecule has 54 valence electrons. The molecule has 4 heteroatoms. The third-order valence-corrected chi connectivity index (χ3v) is 1.44. The van der Waals surface area contributed by atoms with Gasteiger partial charge in [-0.15, -0.1) is 0 Å². The Hall–Kier alpha value is -0.160. The van der Waals surface area contributed by atoms with E-state index in [2.05, 4.69) is 5.32 Å². The SMILES string of the molecule is OC(O)N1CCCNC1. The molecule has 0 bridgehead atoms. The van der Waals surface area contributed by atoms with Crippen molar-refractivity contribution in [3.8, 4) is 0 Å². The van der Waals surface area contributed by atoms with Crippen LogP contribution < -0.4 is 5.32 Å². The summed E-state index contributed by atoms with van der Waals surface area (Å²) in [6.45, 7) is 2.32. The van der Waals surface area contributed by atoms with Crippen LogP contribution in [0.1, 0.15) is 6.42 Å². The highest BCUT2D eigenvalue weighted by molar-refractivity contribution is 4.61. The van der Waals surface area contributed by atoms with Gasteiger partial charge in [0.25, 0.3) is 0 Å². The van der Waals surface area contributed by atoms with Gasteiger partial charge in [0.2, 0.25) is 6.41 Å². The molecule has 0 aromatic heterocycles. The third kappa shape index (κ3) is 1.91. The molecule has 0 amide bonds. The summed E-state index contributed by atoms with van der Waals surface area (Å²) in [4.78, 5) is 1.56. The Balaban J connectivity index is 2.23. The van der Waals surface area contributed by atoms with Gasteiger partial charge in [-0.3, -0.25) is 0 Å². The first-order chi connectivity index (χ1) is 4.30. The molecule has 4 nitrogen and oxygen atoms in total. The minimum absolute atomic E-state index is 0.581. The van der Waals surface area contributed by atoms with Crippen molar-refractivity contribution < 1.29 is 10.2 Å². The van der Waals surface area contributed by atoms with E-state index in [0.29, 0.717) is 6.67 Å². The van der Waals surface area contributed by atoms with Gasteiger partial charge in [-0.1, -0.05) is 0 Å². The molecule has 0 aromatic rings. The molecule has 1 heterocycles. The van der Waals surface area contributed by atoms with Crippen LogP contribution in [0.4, 0.5) is 0 Å². The molecule has 9 heavy (non-hydrogen) atoms. The minimum Gasteiger partial charge on any atom is -0.356 e. The summed E-state index contributed by atoms with van der Waals surface area (Å²) in [5.74, 6) is 0. The fraction of sp³-hybridized carbons (Fsp3) is 1.00. The molecule has 1 saturated heterocycles. The highest BCUT2D eigenvalue weighted by atomic mass is 16.5. The molecule has 0 atom stereocenters. The van der Waals surface area contributed by atoms with Crippen LogP contribution in [-0.2, 0) is 0 Å². The summed E-state index contributed by atoms with van der Waals surface area (Å²) < 4.78 is 0. The first-order valence-corrected chi connectivity index (χ1v) is 3.11. The topological polar surface area (TPSA) is 55.7 Å². The van der Waals surface area contributed by atoms with Gasteiger partial charge in [0.05, 0.1) is 6.67 Å². The summed E-state index contributed by atoms with van der Waals surface area (Å²) in [7, 11) is 0. The van der Waals surface area contributed by atoms with Crippen LogP contribution in [0.2, 0.25) is 0 Å². The molecular weight excluding hydrogens is 120 g/mol. The minimum atomic E-state index is -1.29. The molecule has 1 aliphatic heterocycles. The van der Waals surface area contributed by atoms with Crippen molar-refractivity contribution in [1.82, 2.24) is 10.2 Å². The van der Waals surface area contributed by atoms with E-state index in [0.717, 1.165) is 19.5 Å². The summed E-state index contributed by atoms with van der Waals surface area (Å²) in [6, 6.07) is 0. The smallest absolute Gasteiger partial charge is 0.214 e. The normalized spacial score (nSPS) is 23.0. The van der Waals surface area contributed by atoms with Gasteiger partial charge >= 0.3 is 0 Å². The van der Waals surface area contributed by atoms with Crippen molar-refractivity contribution in [3.05, 3.63) is 0 Å². The number of aliphatic hydroxyl groups excluding tert-OH is 1. The number of hydrogen-bond acceptors (Lipinski definition) is 4. The van der Waals surface area contributed by atoms with E-state index < -0.39 is 6.41 Å². The molecule has 1 rings (SSSR count). The van der Waals surface area contributed by atoms with Crippen molar-refractivity contribution in [3.63, 3.8) is 0 Å². The van der Waals surface area contributed by atoms with Gasteiger partial charge in [0.1, 0.15) is 0 Å². The maximum Gasteiger partial charge on any atom is 0.214 e. The lowest BCUT2D eigenvalue weighted by Gasteiger charge is -2.28. The standard InChI is InChI=1S/C5H12N2O2/c8-5(9)7-3-1-2-6-4-7/h5-6,8-9H,1-4H2. The van der Waals surface area contributed by atoms with Crippen molar-refractivity contribution in [2.45, 2.75) is 12.8 Å². The number of nitrogens with zero attached hydrogens (tertiary/aromatic N) is 1. The van der Waals surface area contributed by atoms with Gasteiger partial charge in [0, 0.05) is 6.54 Å². The predicted molar refractivity (Wildman–Crippen MR) is 32.4 cm³/mol. The lowest BCUT2D eigenvalue weighted by molar-refractivity contribution is -0.161. The monoisotopic (exact) mass is 132 g/mol. The van der Waals surface area contributed by atoms with E-state index in [1.54, 1.807) is 4.90 Å². The molecule has 0 spiro atoms. The van der Waals surface area contributed by atoms with Gasteiger partial charge in [-0.2, -0.15) is 0 Å². The maximum absolute atomic E-state index is 8.62. The number of hydrogen-bond donors (Lipinski definition) is 3. The van der Waals surface area contributed by atoms with Crippen LogP contribution >= 0.6 is 0 Å². The zero-order valence-corrected chi connectivity index (χ0v) is 5.25. The molecule has 1 fully saturated rings. The van der Waals surface area contributed by atoms with Crippen LogP contribution in [0.5, 0.6) is 0 Å². The van der Waals surface area contributed by atoms with Crippen molar-refractivity contribution in [2.24, 2.45) is 0 Å². The number of rotatable bonds is 1. The lowest BCUT2D eigenvalue weighted by Crippen LogP contribution is -2.47. The zero-order chi connectivity index (χ0) is 6.69. The average molecular weight is 132 g/mol. The van der Waals surface area contributed by atoms with Crippen molar-refractivity contribution >= 4 is 0 Å². The Morgan fingerprint density at radius 3 is 2.56 bits per heavy atom. The fourth-order valence-electron chi connectivity index (χ4n) is 0.906. The molecule has 0 radical (unpaired) electrons. The number of aliphatic hydroxyl groups is 2. The Morgan fingerprint density at radius 2 is 2.22 bits per heavy atom. The molecule has 0 saturated carbocycles. The Morgan fingerprint density at radius 1 is 1.44 bits per heavy atom. The molecule has 0 aromatic carbocycles. The second-order valence-electron chi connectivity index (χ2n) is 2.17. The molecule has 1 aliphatic rings. The molecule has 0 unspecified atom stereocenters. The Bertz CT molecular complexity index is 81.0. The van der Waals surface area contributed by atoms with Crippen molar-refractivity contribution in [1.29, 1.82) is 0 Å². The fourth-order valence-corrected chi connectivity index (χ4v) is 0.906. The second-order valence-corrected chi connectivity index (χ2v) is 2.17. The summed E-state index contributed by atoms with van der Waals surface area (Å²) in [6.07, 6.45) is -0.310. The maximum atomic E-state index is 8.62. The Labute approximate surface area is 54.1 Å². The van der Waals surface area contributed by atoms with Crippen LogP contribution in [0, 0.1) is 0 Å². The van der Waals surface area contributed by atoms with E-state index in [1.807, 2.05) is 0 Å². The van der Waals surface area contributed by atoms with E-state index in [9.17, 15) is 0 Å². The van der Waals surface area contributed by atoms with Crippen LogP contribution in [0.15, 0.2) is 0 Å². The molecule has 0 aliphatic carbocycles. The van der Waals surface area contributed by atoms with E-state index >= 15 is 0 Å². The van der Waals surface area contributed by atoms with Gasteiger partial charge in [0.15, 0.2) is 0 Å². The summed E-state index contributed by atoms with van der Waals surface area (Å²) in [5.41, 5.74) is 0. The first kappa shape index (κ1) is 6.95. The van der Waals surface area contributed by atoms with Crippen LogP contribution in [-0.4, -0.2) is 41.3 Å². The Kier molecular flexibility index (Phi) is 2.41. The highest BCUT2D eigenvalue weighted by Crippen LogP contribution is 1.96. The van der Waals surface area contributed by atoms with Gasteiger partial charge in [-0.05, 0) is 13.0 Å². The second kappa shape index (κ2) is 3.12. The quantitative estimate of drug-likeness (QED) is 0.380. The largest absolute Gasteiger partial charge is 0.356 e. The predicted octanol–water partition coefficient (Wildman–Crippen LogP) is -1.49. The number of nitrogens with one attached hydrogen (secondary N) is 1. The van der Waals surface area contributed by atoms with Gasteiger partial charge < -0.3 is 15.5 Å². The van der Waals surface area contributed by atoms with Crippen molar-refractivity contribution in [2.75, 3.05) is 19.8 Å². The van der Waals surface area contributed by atoms with Crippen LogP contribution in [0.3, 0.4) is 0 Å². The lowest BCUT2D eigenvalue weighted by atomic mass is 10.3. The van der Waals surface area contributed by atoms with Gasteiger partial charge in [-0.25, -0.2) is 4.90 Å². The average Bonchev–Trinajstić information content (AvgIpc) is 1.90. The highest BCUT2D eigenvalue weighted by Gasteiger charge is 2.13. The van der Waals surface area contributed by atoms with E-state index in [4.69, 9.17) is 10.2 Å². The van der Waals surface area contributed by atoms with Crippen LogP contribution in [0.25, 0.3) is 0 Å². The first-order valence-electron chi connectivity index (χ1n) is 3.11. The third-order valence-electron chi connectivity index (χ3n) is 1.44. The summed E-state index contributed by atoms with van der Waals surface area (Å²) in [5, 5.41) is 20.3. The molecular formula is C5H12N2O2. The van der Waals surface area contributed by atoms with E-state index in [-0.39, 0.29) is 0 Å². The zero-order valence-electron chi connectivity index (χ0n) is 5.25. The van der Waals surface area contributed by atoms with E-state index in [1.165, 1.54) is 0 Å².